The molecule has 24 nitrogen and oxygen atoms in total. The van der Waals surface area contributed by atoms with Crippen LogP contribution in [-0.2, 0) is 66.8 Å². The smallest absolute Gasteiger partial charge is 0.320 e. The molecule has 388 valence electrons. The van der Waals surface area contributed by atoms with Crippen molar-refractivity contribution in [2.45, 2.75) is 108 Å². The van der Waals surface area contributed by atoms with Crippen LogP contribution in [0.25, 0.3) is 0 Å². The number of rotatable bonds is 50. The van der Waals surface area contributed by atoms with E-state index in [0.717, 1.165) is 53.4 Å². The van der Waals surface area contributed by atoms with Gasteiger partial charge in [0.1, 0.15) is 52.5 Å². The molecule has 2 atom stereocenters. The summed E-state index contributed by atoms with van der Waals surface area (Å²) < 4.78 is 31.6. The SMILES string of the molecule is O=C(O)CN(CC(=O)O)C(CCCCCNC(=O)COCOCOCCCCCCCCCSSCCOCOCOCC(=O)NCCCCCC(C(=O)O)N(CC(=O)O)CC(=O)O)C(=O)O. The number of nitrogens with zero attached hydrogens (tertiary/aromatic N) is 2. The molecular weight excluding hydrogens is 933 g/mol. The summed E-state index contributed by atoms with van der Waals surface area (Å²) in [5.41, 5.74) is 0. The van der Waals surface area contributed by atoms with Crippen LogP contribution in [0.15, 0.2) is 0 Å². The molecule has 0 saturated carbocycles. The van der Waals surface area contributed by atoms with Crippen LogP contribution in [0.4, 0.5) is 0 Å². The van der Waals surface area contributed by atoms with Crippen molar-refractivity contribution in [3.05, 3.63) is 0 Å². The fourth-order valence-corrected chi connectivity index (χ4v) is 8.17. The first-order valence-corrected chi connectivity index (χ1v) is 24.7. The van der Waals surface area contributed by atoms with Crippen molar-refractivity contribution in [3.8, 4) is 0 Å². The van der Waals surface area contributed by atoms with E-state index in [1.54, 1.807) is 21.6 Å². The van der Waals surface area contributed by atoms with E-state index in [1.165, 1.54) is 12.8 Å². The van der Waals surface area contributed by atoms with E-state index in [1.807, 2.05) is 0 Å². The molecule has 0 rings (SSSR count). The summed E-state index contributed by atoms with van der Waals surface area (Å²) in [5, 5.41) is 60.1. The maximum atomic E-state index is 11.9. The van der Waals surface area contributed by atoms with Crippen molar-refractivity contribution in [2.24, 2.45) is 0 Å². The molecule has 2 amide bonds. The molecule has 0 spiro atoms. The number of carboxylic acid groups (broad SMARTS) is 6. The molecule has 0 aliphatic heterocycles. The molecule has 0 aromatic carbocycles. The van der Waals surface area contributed by atoms with E-state index < -0.39 is 74.1 Å². The lowest BCUT2D eigenvalue weighted by molar-refractivity contribution is -0.152. The number of ether oxygens (including phenoxy) is 6. The van der Waals surface area contributed by atoms with Crippen molar-refractivity contribution in [1.29, 1.82) is 0 Å². The molecular formula is C41H72N4O20S2. The van der Waals surface area contributed by atoms with Gasteiger partial charge in [-0.15, -0.1) is 0 Å². The van der Waals surface area contributed by atoms with Crippen molar-refractivity contribution < 1.29 is 97.4 Å². The van der Waals surface area contributed by atoms with Crippen LogP contribution in [-0.4, -0.2) is 205 Å². The Morgan fingerprint density at radius 1 is 0.403 bits per heavy atom. The van der Waals surface area contributed by atoms with Crippen molar-refractivity contribution in [2.75, 3.05) is 104 Å². The third kappa shape index (κ3) is 40.9. The third-order valence-electron chi connectivity index (χ3n) is 9.30. The van der Waals surface area contributed by atoms with Crippen LogP contribution in [0, 0.1) is 0 Å². The minimum absolute atomic E-state index is 0.0365. The lowest BCUT2D eigenvalue weighted by atomic mass is 10.1. The zero-order valence-corrected chi connectivity index (χ0v) is 39.8. The van der Waals surface area contributed by atoms with Crippen LogP contribution in [0.3, 0.4) is 0 Å². The van der Waals surface area contributed by atoms with Gasteiger partial charge in [0, 0.05) is 31.2 Å². The van der Waals surface area contributed by atoms with Gasteiger partial charge in [-0.3, -0.25) is 48.2 Å². The highest BCUT2D eigenvalue weighted by molar-refractivity contribution is 8.76. The first-order valence-electron chi connectivity index (χ1n) is 22.2. The number of carboxylic acids is 6. The van der Waals surface area contributed by atoms with Crippen LogP contribution in [0.1, 0.15) is 96.3 Å². The molecule has 0 bridgehead atoms. The van der Waals surface area contributed by atoms with E-state index in [4.69, 9.17) is 48.8 Å². The molecule has 0 radical (unpaired) electrons. The van der Waals surface area contributed by atoms with Gasteiger partial charge in [0.05, 0.1) is 32.8 Å². The number of carbonyl (C=O) groups is 8. The molecule has 2 unspecified atom stereocenters. The predicted molar refractivity (Wildman–Crippen MR) is 242 cm³/mol. The molecule has 0 fully saturated rings. The largest absolute Gasteiger partial charge is 0.480 e. The molecule has 8 N–H and O–H groups in total. The summed E-state index contributed by atoms with van der Waals surface area (Å²) >= 11 is 0. The summed E-state index contributed by atoms with van der Waals surface area (Å²) in [7, 11) is 3.54. The molecule has 0 aliphatic carbocycles. The second-order valence-corrected chi connectivity index (χ2v) is 17.7. The van der Waals surface area contributed by atoms with Crippen LogP contribution < -0.4 is 10.6 Å². The van der Waals surface area contributed by atoms with Crippen molar-refractivity contribution in [3.63, 3.8) is 0 Å². The van der Waals surface area contributed by atoms with E-state index in [-0.39, 0.29) is 65.0 Å². The average Bonchev–Trinajstić information content (AvgIpc) is 3.24. The van der Waals surface area contributed by atoms with Crippen LogP contribution in [0.2, 0.25) is 0 Å². The maximum absolute atomic E-state index is 11.9. The summed E-state index contributed by atoms with van der Waals surface area (Å²) in [6.45, 7) is -1.58. The van der Waals surface area contributed by atoms with Crippen molar-refractivity contribution >= 4 is 69.2 Å². The predicted octanol–water partition coefficient (Wildman–Crippen LogP) is 2.23. The number of hydrogen-bond acceptors (Lipinski definition) is 18. The summed E-state index contributed by atoms with van der Waals surface area (Å²) in [6.07, 6.45) is 10.9. The van der Waals surface area contributed by atoms with Gasteiger partial charge in [0.25, 0.3) is 0 Å². The van der Waals surface area contributed by atoms with E-state index >= 15 is 0 Å². The lowest BCUT2D eigenvalue weighted by Gasteiger charge is -2.25. The van der Waals surface area contributed by atoms with Gasteiger partial charge >= 0.3 is 35.8 Å². The third-order valence-corrected chi connectivity index (χ3v) is 11.8. The Bertz CT molecular complexity index is 1270. The van der Waals surface area contributed by atoms with Gasteiger partial charge in [0.15, 0.2) is 0 Å². The summed E-state index contributed by atoms with van der Waals surface area (Å²) in [6, 6.07) is -2.48. The average molecular weight is 1010 g/mol. The molecule has 0 heterocycles. The molecule has 67 heavy (non-hydrogen) atoms. The van der Waals surface area contributed by atoms with Crippen molar-refractivity contribution in [1.82, 2.24) is 20.4 Å². The highest BCUT2D eigenvalue weighted by atomic mass is 33.1. The number of aliphatic carboxylic acids is 6. The fourth-order valence-electron chi connectivity index (χ4n) is 6.16. The number of nitrogens with one attached hydrogen (secondary N) is 2. The van der Waals surface area contributed by atoms with Gasteiger partial charge in [-0.2, -0.15) is 0 Å². The zero-order chi connectivity index (χ0) is 49.9. The highest BCUT2D eigenvalue weighted by Crippen LogP contribution is 2.23. The Hall–Kier alpha value is -3.86. The molecule has 0 saturated heterocycles. The quantitative estimate of drug-likeness (QED) is 0.0246. The Balaban J connectivity index is 3.53. The standard InChI is InChI=1S/C41H72N4O20S2/c46-34(42-16-10-6-8-14-32(40(56)57)44(22-36(48)49)23-37(50)51)26-62-30-64-28-60-18-12-4-2-1-3-5-13-20-66-67-21-19-61-29-65-31-63-27-35(47)43-17-11-7-9-15-33(41(58)59)45(24-38(52)53)25-39(54)55/h32-33H,1-31H2,(H,42,46)(H,43,47)(H,48,49)(H,50,51)(H,52,53)(H,54,55)(H,56,57)(H,58,59). The van der Waals surface area contributed by atoms with Crippen LogP contribution >= 0.6 is 21.6 Å². The van der Waals surface area contributed by atoms with E-state index in [0.29, 0.717) is 64.8 Å². The minimum atomic E-state index is -1.32. The normalized spacial score (nSPS) is 12.2. The second-order valence-electron chi connectivity index (χ2n) is 15.0. The summed E-state index contributed by atoms with van der Waals surface area (Å²) in [4.78, 5) is 92.8. The lowest BCUT2D eigenvalue weighted by Crippen LogP contribution is -2.46. The molecule has 0 aromatic heterocycles. The molecule has 0 aliphatic rings. The van der Waals surface area contributed by atoms with Gasteiger partial charge < -0.3 is 69.7 Å². The Morgan fingerprint density at radius 2 is 0.761 bits per heavy atom. The van der Waals surface area contributed by atoms with Gasteiger partial charge in [-0.1, -0.05) is 79.4 Å². The summed E-state index contributed by atoms with van der Waals surface area (Å²) in [5.74, 6) is -6.68. The zero-order valence-electron chi connectivity index (χ0n) is 38.2. The minimum Gasteiger partial charge on any atom is -0.480 e. The first kappa shape index (κ1) is 63.1. The second kappa shape index (κ2) is 43.4. The Morgan fingerprint density at radius 3 is 1.18 bits per heavy atom. The first-order chi connectivity index (χ1) is 32.1. The van der Waals surface area contributed by atoms with Gasteiger partial charge in [-0.05, 0) is 38.5 Å². The molecule has 0 aromatic rings. The topological polar surface area (TPSA) is 344 Å². The number of hydrogen-bond donors (Lipinski definition) is 8. The maximum Gasteiger partial charge on any atom is 0.320 e. The molecule has 26 heteroatoms. The number of unbranched alkanes of at least 4 members (excludes halogenated alkanes) is 10. The monoisotopic (exact) mass is 1000 g/mol. The van der Waals surface area contributed by atoms with Gasteiger partial charge in [-0.25, -0.2) is 0 Å². The fraction of sp³-hybridized carbons (Fsp3) is 0.805. The van der Waals surface area contributed by atoms with Gasteiger partial charge in [0.2, 0.25) is 11.8 Å². The van der Waals surface area contributed by atoms with E-state index in [9.17, 15) is 48.6 Å². The number of carbonyl (C=O) groups excluding carboxylic acids is 2. The Labute approximate surface area is 398 Å². The van der Waals surface area contributed by atoms with Crippen LogP contribution in [0.5, 0.6) is 0 Å². The highest BCUT2D eigenvalue weighted by Gasteiger charge is 2.29. The number of amides is 2. The van der Waals surface area contributed by atoms with E-state index in [2.05, 4.69) is 10.6 Å². The Kier molecular flexibility index (Phi) is 40.9.